The number of likely N-dealkylation sites (tertiary alicyclic amines) is 1. The summed E-state index contributed by atoms with van der Waals surface area (Å²) in [4.78, 5) is 17.5. The number of hydrogen-bond donors (Lipinski definition) is 1. The van der Waals surface area contributed by atoms with Gasteiger partial charge in [-0.05, 0) is 50.3 Å². The van der Waals surface area contributed by atoms with E-state index in [1.165, 1.54) is 11.1 Å². The number of hydrogen-bond acceptors (Lipinski definition) is 2. The van der Waals surface area contributed by atoms with E-state index in [-0.39, 0.29) is 6.04 Å². The minimum absolute atomic E-state index is 0.0587. The summed E-state index contributed by atoms with van der Waals surface area (Å²) >= 11 is 0. The van der Waals surface area contributed by atoms with E-state index in [9.17, 15) is 9.90 Å². The van der Waals surface area contributed by atoms with Gasteiger partial charge in [0.1, 0.15) is 5.65 Å². The Kier molecular flexibility index (Phi) is 3.57. The van der Waals surface area contributed by atoms with Crippen LogP contribution in [0.25, 0.3) is 5.65 Å². The van der Waals surface area contributed by atoms with Crippen molar-refractivity contribution in [3.05, 3.63) is 35.3 Å². The van der Waals surface area contributed by atoms with Crippen LogP contribution in [0.1, 0.15) is 36.1 Å². The number of carboxylic acid groups (broad SMARTS) is 1. The monoisotopic (exact) mass is 287 g/mol. The van der Waals surface area contributed by atoms with Crippen LogP contribution in [0.15, 0.2) is 18.5 Å². The smallest absolute Gasteiger partial charge is 0.407 e. The molecule has 5 heteroatoms. The standard InChI is InChI=1S/C16H21N3O2/c1-11-7-15-17-13(10-18(15)9-12(11)2)8-14-5-3-4-6-19(14)16(20)21/h7,9-10,14H,3-6,8H2,1-2H3,(H,20,21). The Labute approximate surface area is 124 Å². The second-order valence-corrected chi connectivity index (χ2v) is 5.97. The van der Waals surface area contributed by atoms with Crippen LogP contribution in [-0.2, 0) is 6.42 Å². The van der Waals surface area contributed by atoms with E-state index in [4.69, 9.17) is 0 Å². The summed E-state index contributed by atoms with van der Waals surface area (Å²) in [6, 6.07) is 2.14. The van der Waals surface area contributed by atoms with Crippen LogP contribution in [0, 0.1) is 13.8 Å². The second kappa shape index (κ2) is 5.39. The third-order valence-electron chi connectivity index (χ3n) is 4.43. The van der Waals surface area contributed by atoms with Crippen molar-refractivity contribution >= 4 is 11.7 Å². The van der Waals surface area contributed by atoms with Crippen molar-refractivity contribution in [3.8, 4) is 0 Å². The number of fused-ring (bicyclic) bond motifs is 1. The first-order valence-corrected chi connectivity index (χ1v) is 7.49. The second-order valence-electron chi connectivity index (χ2n) is 5.97. The lowest BCUT2D eigenvalue weighted by molar-refractivity contribution is 0.106. The normalized spacial score (nSPS) is 19.1. The van der Waals surface area contributed by atoms with Gasteiger partial charge in [0.15, 0.2) is 0 Å². The van der Waals surface area contributed by atoms with Gasteiger partial charge >= 0.3 is 6.09 Å². The summed E-state index contributed by atoms with van der Waals surface area (Å²) in [5, 5.41) is 9.30. The van der Waals surface area contributed by atoms with Gasteiger partial charge in [0.25, 0.3) is 0 Å². The van der Waals surface area contributed by atoms with Gasteiger partial charge in [-0.15, -0.1) is 0 Å². The molecule has 21 heavy (non-hydrogen) atoms. The van der Waals surface area contributed by atoms with E-state index in [1.807, 2.05) is 10.6 Å². The summed E-state index contributed by atoms with van der Waals surface area (Å²) in [5.41, 5.74) is 4.37. The maximum Gasteiger partial charge on any atom is 0.407 e. The van der Waals surface area contributed by atoms with Crippen molar-refractivity contribution in [2.24, 2.45) is 0 Å². The SMILES string of the molecule is Cc1cc2nc(CC3CCCCN3C(=O)O)cn2cc1C. The third-order valence-corrected chi connectivity index (χ3v) is 4.43. The van der Waals surface area contributed by atoms with Gasteiger partial charge in [-0.2, -0.15) is 0 Å². The summed E-state index contributed by atoms with van der Waals surface area (Å²) in [6.45, 7) is 4.81. The van der Waals surface area contributed by atoms with Gasteiger partial charge in [0, 0.05) is 31.4 Å². The summed E-state index contributed by atoms with van der Waals surface area (Å²) < 4.78 is 2.03. The average molecular weight is 287 g/mol. The van der Waals surface area contributed by atoms with Gasteiger partial charge in [-0.3, -0.25) is 0 Å². The number of pyridine rings is 1. The average Bonchev–Trinajstić information content (AvgIpc) is 2.81. The zero-order valence-corrected chi connectivity index (χ0v) is 12.5. The van der Waals surface area contributed by atoms with Crippen molar-refractivity contribution in [2.75, 3.05) is 6.54 Å². The van der Waals surface area contributed by atoms with E-state index in [2.05, 4.69) is 31.1 Å². The van der Waals surface area contributed by atoms with E-state index >= 15 is 0 Å². The number of aryl methyl sites for hydroxylation is 2. The molecule has 0 bridgehead atoms. The van der Waals surface area contributed by atoms with Gasteiger partial charge in [-0.1, -0.05) is 0 Å². The van der Waals surface area contributed by atoms with Gasteiger partial charge in [0.2, 0.25) is 0 Å². The summed E-state index contributed by atoms with van der Waals surface area (Å²) in [7, 11) is 0. The zero-order chi connectivity index (χ0) is 15.0. The van der Waals surface area contributed by atoms with Crippen LogP contribution in [0.5, 0.6) is 0 Å². The highest BCUT2D eigenvalue weighted by Gasteiger charge is 2.27. The Hall–Kier alpha value is -2.04. The van der Waals surface area contributed by atoms with Crippen molar-refractivity contribution in [1.29, 1.82) is 0 Å². The maximum atomic E-state index is 11.3. The van der Waals surface area contributed by atoms with Crippen LogP contribution >= 0.6 is 0 Å². The summed E-state index contributed by atoms with van der Waals surface area (Å²) in [6.07, 6.45) is 6.99. The third kappa shape index (κ3) is 2.73. The number of piperidine rings is 1. The topological polar surface area (TPSA) is 57.8 Å². The molecule has 1 amide bonds. The highest BCUT2D eigenvalue weighted by atomic mass is 16.4. The minimum atomic E-state index is -0.810. The largest absolute Gasteiger partial charge is 0.465 e. The molecule has 1 fully saturated rings. The highest BCUT2D eigenvalue weighted by molar-refractivity contribution is 5.65. The van der Waals surface area contributed by atoms with Crippen LogP contribution in [0.2, 0.25) is 0 Å². The Morgan fingerprint density at radius 3 is 2.90 bits per heavy atom. The number of rotatable bonds is 2. The van der Waals surface area contributed by atoms with Crippen LogP contribution < -0.4 is 0 Å². The van der Waals surface area contributed by atoms with Crippen molar-refractivity contribution in [3.63, 3.8) is 0 Å². The van der Waals surface area contributed by atoms with Crippen LogP contribution in [-0.4, -0.2) is 38.1 Å². The first-order valence-electron chi connectivity index (χ1n) is 7.49. The van der Waals surface area contributed by atoms with Gasteiger partial charge < -0.3 is 14.4 Å². The van der Waals surface area contributed by atoms with Gasteiger partial charge in [-0.25, -0.2) is 9.78 Å². The fourth-order valence-electron chi connectivity index (χ4n) is 3.09. The lowest BCUT2D eigenvalue weighted by Crippen LogP contribution is -2.44. The molecule has 1 unspecified atom stereocenters. The molecule has 5 nitrogen and oxygen atoms in total. The molecule has 3 heterocycles. The van der Waals surface area contributed by atoms with Gasteiger partial charge in [0.05, 0.1) is 5.69 Å². The first-order chi connectivity index (χ1) is 10.0. The predicted octanol–water partition coefficient (Wildman–Crippen LogP) is 3.03. The molecule has 1 N–H and O–H groups in total. The number of aromatic nitrogens is 2. The molecule has 1 saturated heterocycles. The fraction of sp³-hybridized carbons (Fsp3) is 0.500. The van der Waals surface area contributed by atoms with E-state index in [0.717, 1.165) is 30.6 Å². The van der Waals surface area contributed by atoms with Crippen molar-refractivity contribution in [2.45, 2.75) is 45.6 Å². The molecule has 0 spiro atoms. The molecule has 0 saturated carbocycles. The Balaban J connectivity index is 1.85. The molecule has 1 aliphatic heterocycles. The highest BCUT2D eigenvalue weighted by Crippen LogP contribution is 2.21. The van der Waals surface area contributed by atoms with Crippen LogP contribution in [0.3, 0.4) is 0 Å². The van der Waals surface area contributed by atoms with E-state index in [0.29, 0.717) is 13.0 Å². The molecule has 0 aromatic carbocycles. The quantitative estimate of drug-likeness (QED) is 0.923. The molecule has 112 valence electrons. The predicted molar refractivity (Wildman–Crippen MR) is 80.7 cm³/mol. The number of amides is 1. The molecule has 1 aliphatic rings. The Bertz CT molecular complexity index is 638. The van der Waals surface area contributed by atoms with E-state index in [1.54, 1.807) is 4.90 Å². The van der Waals surface area contributed by atoms with Crippen LogP contribution in [0.4, 0.5) is 4.79 Å². The zero-order valence-electron chi connectivity index (χ0n) is 12.5. The molecule has 1 atom stereocenters. The molecule has 2 aromatic rings. The van der Waals surface area contributed by atoms with Crippen molar-refractivity contribution < 1.29 is 9.90 Å². The molecular formula is C16H21N3O2. The minimum Gasteiger partial charge on any atom is -0.465 e. The molecule has 0 aliphatic carbocycles. The molecule has 3 rings (SSSR count). The summed E-state index contributed by atoms with van der Waals surface area (Å²) in [5.74, 6) is 0. The maximum absolute atomic E-state index is 11.3. The Morgan fingerprint density at radius 2 is 2.14 bits per heavy atom. The van der Waals surface area contributed by atoms with E-state index < -0.39 is 6.09 Å². The fourth-order valence-corrected chi connectivity index (χ4v) is 3.09. The lowest BCUT2D eigenvalue weighted by atomic mass is 9.99. The number of nitrogens with zero attached hydrogens (tertiary/aromatic N) is 3. The van der Waals surface area contributed by atoms with Crippen molar-refractivity contribution in [1.82, 2.24) is 14.3 Å². The Morgan fingerprint density at radius 1 is 1.33 bits per heavy atom. The molecular weight excluding hydrogens is 266 g/mol. The number of imidazole rings is 1. The number of carbonyl (C=O) groups is 1. The molecule has 2 aromatic heterocycles. The first kappa shape index (κ1) is 13.9. The lowest BCUT2D eigenvalue weighted by Gasteiger charge is -2.33. The molecule has 0 radical (unpaired) electrons.